The molecule has 1 atom stereocenters. The van der Waals surface area contributed by atoms with Gasteiger partial charge in [0.1, 0.15) is 0 Å². The van der Waals surface area contributed by atoms with Gasteiger partial charge in [0.15, 0.2) is 0 Å². The molecule has 5 rings (SSSR count). The fraction of sp³-hybridized carbons (Fsp3) is 0.238. The third-order valence-corrected chi connectivity index (χ3v) is 6.37. The largest absolute Gasteiger partial charge is 0.391 e. The van der Waals surface area contributed by atoms with Gasteiger partial charge in [0.25, 0.3) is 0 Å². The summed E-state index contributed by atoms with van der Waals surface area (Å²) in [4.78, 5) is 14.9. The normalized spacial score (nSPS) is 18.8. The number of thiophene rings is 1. The van der Waals surface area contributed by atoms with Gasteiger partial charge in [-0.05, 0) is 62.1 Å². The molecule has 140 valence electrons. The molecule has 1 unspecified atom stereocenters. The van der Waals surface area contributed by atoms with Gasteiger partial charge in [-0.2, -0.15) is 4.98 Å². The summed E-state index contributed by atoms with van der Waals surface area (Å²) in [6.07, 6.45) is 6.63. The van der Waals surface area contributed by atoms with Crippen molar-refractivity contribution in [1.82, 2.24) is 20.1 Å². The average molecular weight is 389 g/mol. The van der Waals surface area contributed by atoms with Crippen LogP contribution in [0.5, 0.6) is 0 Å². The molecule has 4 aromatic heterocycles. The molecule has 1 aliphatic rings. The van der Waals surface area contributed by atoms with E-state index in [4.69, 9.17) is 15.2 Å². The monoisotopic (exact) mass is 389 g/mol. The Morgan fingerprint density at radius 3 is 2.82 bits per heavy atom. The molecule has 0 bridgehead atoms. The molecule has 2 N–H and O–H groups in total. The number of rotatable bonds is 3. The zero-order valence-corrected chi connectivity index (χ0v) is 16.2. The fourth-order valence-electron chi connectivity index (χ4n) is 3.82. The van der Waals surface area contributed by atoms with E-state index in [1.165, 1.54) is 10.4 Å². The highest BCUT2D eigenvalue weighted by molar-refractivity contribution is 7.16. The topological polar surface area (TPSA) is 90.7 Å². The summed E-state index contributed by atoms with van der Waals surface area (Å²) >= 11 is 1.66. The van der Waals surface area contributed by atoms with E-state index < -0.39 is 0 Å². The van der Waals surface area contributed by atoms with E-state index in [2.05, 4.69) is 28.1 Å². The first-order valence-corrected chi connectivity index (χ1v) is 10.1. The Morgan fingerprint density at radius 1 is 1.14 bits per heavy atom. The molecule has 0 amide bonds. The highest BCUT2D eigenvalue weighted by atomic mass is 32.1. The number of nitrogens with two attached hydrogens (primary N) is 1. The molecule has 0 aliphatic heterocycles. The van der Waals surface area contributed by atoms with Crippen LogP contribution in [0.3, 0.4) is 0 Å². The van der Waals surface area contributed by atoms with Gasteiger partial charge in [0.2, 0.25) is 11.7 Å². The summed E-state index contributed by atoms with van der Waals surface area (Å²) in [5.41, 5.74) is 9.44. The number of anilines is 1. The zero-order valence-electron chi connectivity index (χ0n) is 15.4. The fourth-order valence-corrected chi connectivity index (χ4v) is 4.92. The van der Waals surface area contributed by atoms with E-state index in [-0.39, 0.29) is 5.41 Å². The van der Waals surface area contributed by atoms with Crippen molar-refractivity contribution in [3.8, 4) is 22.8 Å². The number of hydrogen-bond acceptors (Lipinski definition) is 7. The van der Waals surface area contributed by atoms with Gasteiger partial charge in [-0.3, -0.25) is 9.97 Å². The van der Waals surface area contributed by atoms with Crippen molar-refractivity contribution in [2.24, 2.45) is 0 Å². The Labute approximate surface area is 166 Å². The van der Waals surface area contributed by atoms with Gasteiger partial charge >= 0.3 is 0 Å². The van der Waals surface area contributed by atoms with E-state index >= 15 is 0 Å². The number of aryl methyl sites for hydroxylation is 1. The van der Waals surface area contributed by atoms with Gasteiger partial charge in [-0.25, -0.2) is 0 Å². The van der Waals surface area contributed by atoms with E-state index in [1.54, 1.807) is 23.7 Å². The lowest BCUT2D eigenvalue weighted by Gasteiger charge is -2.30. The second-order valence-corrected chi connectivity index (χ2v) is 8.41. The Morgan fingerprint density at radius 2 is 2.04 bits per heavy atom. The minimum atomic E-state index is -0.297. The molecule has 0 fully saturated rings. The highest BCUT2D eigenvalue weighted by Gasteiger charge is 2.40. The Kier molecular flexibility index (Phi) is 3.98. The quantitative estimate of drug-likeness (QED) is 0.555. The molecular weight excluding hydrogens is 370 g/mol. The number of fused-ring (bicyclic) bond motifs is 1. The summed E-state index contributed by atoms with van der Waals surface area (Å²) in [6, 6.07) is 11.7. The van der Waals surface area contributed by atoms with Crippen LogP contribution < -0.4 is 5.73 Å². The minimum Gasteiger partial charge on any atom is -0.391 e. The third kappa shape index (κ3) is 2.79. The van der Waals surface area contributed by atoms with Crippen molar-refractivity contribution in [1.29, 1.82) is 0 Å². The summed E-state index contributed by atoms with van der Waals surface area (Å²) < 4.78 is 5.71. The second kappa shape index (κ2) is 6.53. The summed E-state index contributed by atoms with van der Waals surface area (Å²) in [5.74, 6) is 1.18. The molecule has 4 aromatic rings. The van der Waals surface area contributed by atoms with Crippen LogP contribution in [0.1, 0.15) is 36.1 Å². The van der Waals surface area contributed by atoms with Gasteiger partial charge in [0, 0.05) is 22.8 Å². The first-order chi connectivity index (χ1) is 13.6. The van der Waals surface area contributed by atoms with Gasteiger partial charge in [-0.1, -0.05) is 11.2 Å². The van der Waals surface area contributed by atoms with Crippen molar-refractivity contribution in [3.63, 3.8) is 0 Å². The molecule has 6 nitrogen and oxygen atoms in total. The van der Waals surface area contributed by atoms with Crippen molar-refractivity contribution in [3.05, 3.63) is 65.1 Å². The maximum Gasteiger partial charge on any atom is 0.237 e. The number of aromatic nitrogens is 4. The lowest BCUT2D eigenvalue weighted by atomic mass is 9.74. The minimum absolute atomic E-state index is 0.297. The zero-order chi connectivity index (χ0) is 19.1. The SMILES string of the molecule is CC1(c2nc(-c3ccc(-c4ccccn4)nc3)no2)CCCc2sc(N)cc21. The summed E-state index contributed by atoms with van der Waals surface area (Å²) in [7, 11) is 0. The Balaban J connectivity index is 1.47. The lowest BCUT2D eigenvalue weighted by molar-refractivity contribution is 0.301. The molecular formula is C21H19N5OS. The summed E-state index contributed by atoms with van der Waals surface area (Å²) in [6.45, 7) is 2.16. The average Bonchev–Trinajstić information content (AvgIpc) is 3.37. The Bertz CT molecular complexity index is 1120. The molecule has 0 saturated heterocycles. The van der Waals surface area contributed by atoms with Gasteiger partial charge in [-0.15, -0.1) is 11.3 Å². The molecule has 4 heterocycles. The lowest BCUT2D eigenvalue weighted by Crippen LogP contribution is -2.28. The maximum absolute atomic E-state index is 6.05. The second-order valence-electron chi connectivity index (χ2n) is 7.24. The number of pyridine rings is 2. The van der Waals surface area contributed by atoms with Crippen LogP contribution >= 0.6 is 11.3 Å². The van der Waals surface area contributed by atoms with Crippen LogP contribution in [0, 0.1) is 0 Å². The predicted molar refractivity (Wildman–Crippen MR) is 109 cm³/mol. The van der Waals surface area contributed by atoms with E-state index in [1.807, 2.05) is 30.3 Å². The predicted octanol–water partition coefficient (Wildman–Crippen LogP) is 4.48. The van der Waals surface area contributed by atoms with E-state index in [9.17, 15) is 0 Å². The number of nitrogen functional groups attached to an aromatic ring is 1. The van der Waals surface area contributed by atoms with Crippen molar-refractivity contribution in [2.75, 3.05) is 5.73 Å². The third-order valence-electron chi connectivity index (χ3n) is 5.35. The smallest absolute Gasteiger partial charge is 0.237 e. The highest BCUT2D eigenvalue weighted by Crippen LogP contribution is 2.45. The molecule has 1 aliphatic carbocycles. The molecule has 7 heteroatoms. The molecule has 28 heavy (non-hydrogen) atoms. The Hall–Kier alpha value is -3.06. The van der Waals surface area contributed by atoms with Crippen LogP contribution in [0.4, 0.5) is 5.00 Å². The van der Waals surface area contributed by atoms with Crippen molar-refractivity contribution < 1.29 is 4.52 Å². The van der Waals surface area contributed by atoms with Crippen LogP contribution in [0.2, 0.25) is 0 Å². The standard InChI is InChI=1S/C21H19N5OS/c1-21(9-4-6-17-14(21)11-18(22)28-17)20-25-19(26-27-20)13-7-8-16(24-12-13)15-5-2-3-10-23-15/h2-3,5,7-8,10-12H,4,6,9,22H2,1H3. The van der Waals surface area contributed by atoms with Crippen molar-refractivity contribution in [2.45, 2.75) is 31.6 Å². The van der Waals surface area contributed by atoms with Crippen LogP contribution in [-0.4, -0.2) is 20.1 Å². The molecule has 0 spiro atoms. The first kappa shape index (κ1) is 17.1. The van der Waals surface area contributed by atoms with Crippen molar-refractivity contribution >= 4 is 16.3 Å². The maximum atomic E-state index is 6.05. The first-order valence-electron chi connectivity index (χ1n) is 9.24. The van der Waals surface area contributed by atoms with Gasteiger partial charge < -0.3 is 10.3 Å². The number of nitrogens with zero attached hydrogens (tertiary/aromatic N) is 4. The number of hydrogen-bond donors (Lipinski definition) is 1. The molecule has 0 aromatic carbocycles. The molecule has 0 saturated carbocycles. The van der Waals surface area contributed by atoms with Crippen LogP contribution in [-0.2, 0) is 11.8 Å². The van der Waals surface area contributed by atoms with E-state index in [0.717, 1.165) is 41.2 Å². The molecule has 0 radical (unpaired) electrons. The van der Waals surface area contributed by atoms with E-state index in [0.29, 0.717) is 11.7 Å². The summed E-state index contributed by atoms with van der Waals surface area (Å²) in [5, 5.41) is 5.06. The van der Waals surface area contributed by atoms with Crippen LogP contribution in [0.25, 0.3) is 22.8 Å². The van der Waals surface area contributed by atoms with Gasteiger partial charge in [0.05, 0.1) is 21.8 Å². The van der Waals surface area contributed by atoms with Crippen LogP contribution in [0.15, 0.2) is 53.3 Å².